The Morgan fingerprint density at radius 2 is 1.69 bits per heavy atom. The number of hydrogen-bond donors (Lipinski definition) is 0. The van der Waals surface area contributed by atoms with Crippen LogP contribution in [-0.4, -0.2) is 51.7 Å². The second-order valence-electron chi connectivity index (χ2n) is 8.51. The number of benzene rings is 2. The van der Waals surface area contributed by atoms with Gasteiger partial charge in [-0.05, 0) is 43.3 Å². The lowest BCUT2D eigenvalue weighted by Gasteiger charge is -2.40. The van der Waals surface area contributed by atoms with Crippen LogP contribution in [0.3, 0.4) is 0 Å². The molecule has 1 aliphatic rings. The summed E-state index contributed by atoms with van der Waals surface area (Å²) in [6, 6.07) is 17.7. The Kier molecular flexibility index (Phi) is 5.84. The van der Waals surface area contributed by atoms with Crippen molar-refractivity contribution in [1.82, 2.24) is 20.1 Å². The molecule has 4 aromatic rings. The largest absolute Gasteiger partial charge is 0.416 e. The first kappa shape index (κ1) is 22.8. The van der Waals surface area contributed by atoms with Gasteiger partial charge in [-0.3, -0.25) is 9.78 Å². The molecule has 1 amide bonds. The van der Waals surface area contributed by atoms with E-state index in [0.29, 0.717) is 47.8 Å². The molecular weight excluding hydrogens is 455 g/mol. The van der Waals surface area contributed by atoms with Crippen molar-refractivity contribution in [2.24, 2.45) is 0 Å². The number of fused-ring (bicyclic) bond motifs is 1. The van der Waals surface area contributed by atoms with Gasteiger partial charge in [-0.1, -0.05) is 30.3 Å². The second kappa shape index (κ2) is 8.98. The van der Waals surface area contributed by atoms with Gasteiger partial charge in [-0.2, -0.15) is 13.2 Å². The Morgan fingerprint density at radius 3 is 2.37 bits per heavy atom. The highest BCUT2D eigenvalue weighted by atomic mass is 19.4. The summed E-state index contributed by atoms with van der Waals surface area (Å²) in [4.78, 5) is 21.3. The van der Waals surface area contributed by atoms with Crippen molar-refractivity contribution in [3.63, 3.8) is 0 Å². The van der Waals surface area contributed by atoms with Crippen LogP contribution in [0.5, 0.6) is 0 Å². The number of pyridine rings is 1. The molecule has 6 nitrogen and oxygen atoms in total. The lowest BCUT2D eigenvalue weighted by Crippen LogP contribution is -2.54. The predicted molar refractivity (Wildman–Crippen MR) is 127 cm³/mol. The fourth-order valence-corrected chi connectivity index (χ4v) is 4.42. The lowest BCUT2D eigenvalue weighted by molar-refractivity contribution is -0.137. The minimum absolute atomic E-state index is 0.00707. The number of halogens is 3. The second-order valence-corrected chi connectivity index (χ2v) is 8.51. The van der Waals surface area contributed by atoms with Gasteiger partial charge in [-0.25, -0.2) is 0 Å². The Hall–Kier alpha value is -4.01. The van der Waals surface area contributed by atoms with Gasteiger partial charge >= 0.3 is 6.18 Å². The summed E-state index contributed by atoms with van der Waals surface area (Å²) in [6.45, 7) is 3.65. The topological polar surface area (TPSA) is 62.2 Å². The summed E-state index contributed by atoms with van der Waals surface area (Å²) in [5, 5.41) is 9.59. The van der Waals surface area contributed by atoms with Crippen LogP contribution < -0.4 is 4.90 Å². The third-order valence-electron chi connectivity index (χ3n) is 6.21. The van der Waals surface area contributed by atoms with Crippen LogP contribution in [0.4, 0.5) is 19.0 Å². The van der Waals surface area contributed by atoms with Crippen LogP contribution in [0.2, 0.25) is 0 Å². The normalized spacial score (nSPS) is 16.5. The Morgan fingerprint density at radius 1 is 0.943 bits per heavy atom. The van der Waals surface area contributed by atoms with E-state index < -0.39 is 11.7 Å². The van der Waals surface area contributed by atoms with Crippen molar-refractivity contribution >= 4 is 22.6 Å². The Bertz CT molecular complexity index is 1360. The van der Waals surface area contributed by atoms with Gasteiger partial charge in [-0.15, -0.1) is 10.2 Å². The van der Waals surface area contributed by atoms with Crippen molar-refractivity contribution in [2.75, 3.05) is 24.5 Å². The molecule has 0 radical (unpaired) electrons. The number of anilines is 1. The first-order valence-electron chi connectivity index (χ1n) is 11.2. The van der Waals surface area contributed by atoms with Crippen LogP contribution in [0, 0.1) is 0 Å². The molecule has 5 rings (SSSR count). The van der Waals surface area contributed by atoms with E-state index in [1.807, 2.05) is 48.2 Å². The molecule has 1 aliphatic heterocycles. The molecule has 178 valence electrons. The van der Waals surface area contributed by atoms with E-state index in [1.54, 1.807) is 12.3 Å². The van der Waals surface area contributed by atoms with E-state index >= 15 is 0 Å². The van der Waals surface area contributed by atoms with Crippen molar-refractivity contribution in [1.29, 1.82) is 0 Å². The van der Waals surface area contributed by atoms with E-state index in [0.717, 1.165) is 17.5 Å². The standard InChI is InChI=1S/C26H22F3N5O/c1-17-16-33(25(35)19-6-3-2-4-7-19)14-15-34(17)24-21-8-5-13-30-23(21)22(31-32-24)18-9-11-20(12-10-18)26(27,28)29/h2-13,17H,14-16H2,1H3. The molecule has 2 aromatic carbocycles. The zero-order chi connectivity index (χ0) is 24.6. The number of carbonyl (C=O) groups is 1. The first-order chi connectivity index (χ1) is 16.8. The van der Waals surface area contributed by atoms with Gasteiger partial charge in [0.25, 0.3) is 5.91 Å². The number of nitrogens with zero attached hydrogens (tertiary/aromatic N) is 5. The average Bonchev–Trinajstić information content (AvgIpc) is 2.88. The maximum absolute atomic E-state index is 13.0. The molecule has 1 saturated heterocycles. The maximum atomic E-state index is 13.0. The molecule has 3 heterocycles. The van der Waals surface area contributed by atoms with Gasteiger partial charge in [0, 0.05) is 48.4 Å². The summed E-state index contributed by atoms with van der Waals surface area (Å²) < 4.78 is 38.9. The van der Waals surface area contributed by atoms with Crippen LogP contribution in [0.25, 0.3) is 22.2 Å². The van der Waals surface area contributed by atoms with E-state index in [-0.39, 0.29) is 11.9 Å². The highest BCUT2D eigenvalue weighted by Crippen LogP contribution is 2.34. The average molecular weight is 477 g/mol. The highest BCUT2D eigenvalue weighted by Gasteiger charge is 2.31. The zero-order valence-electron chi connectivity index (χ0n) is 18.9. The van der Waals surface area contributed by atoms with E-state index in [9.17, 15) is 18.0 Å². The Balaban J connectivity index is 1.44. The van der Waals surface area contributed by atoms with E-state index in [1.165, 1.54) is 12.1 Å². The number of hydrogen-bond acceptors (Lipinski definition) is 5. The fraction of sp³-hybridized carbons (Fsp3) is 0.231. The molecule has 0 bridgehead atoms. The summed E-state index contributed by atoms with van der Waals surface area (Å²) in [6.07, 6.45) is -2.78. The van der Waals surface area contributed by atoms with Gasteiger partial charge in [0.2, 0.25) is 0 Å². The molecule has 35 heavy (non-hydrogen) atoms. The minimum atomic E-state index is -4.41. The number of rotatable bonds is 3. The quantitative estimate of drug-likeness (QED) is 0.413. The molecule has 0 aliphatic carbocycles. The summed E-state index contributed by atoms with van der Waals surface area (Å²) in [5.41, 5.74) is 1.42. The third kappa shape index (κ3) is 4.41. The molecule has 1 atom stereocenters. The minimum Gasteiger partial charge on any atom is -0.348 e. The smallest absolute Gasteiger partial charge is 0.348 e. The fourth-order valence-electron chi connectivity index (χ4n) is 4.42. The van der Waals surface area contributed by atoms with Crippen molar-refractivity contribution < 1.29 is 18.0 Å². The van der Waals surface area contributed by atoms with Gasteiger partial charge in [0.1, 0.15) is 11.2 Å². The number of alkyl halides is 3. The van der Waals surface area contributed by atoms with E-state index in [4.69, 9.17) is 0 Å². The monoisotopic (exact) mass is 477 g/mol. The highest BCUT2D eigenvalue weighted by molar-refractivity contribution is 5.98. The first-order valence-corrected chi connectivity index (χ1v) is 11.2. The van der Waals surface area contributed by atoms with Crippen molar-refractivity contribution in [3.05, 3.63) is 84.1 Å². The number of carbonyl (C=O) groups excluding carboxylic acids is 1. The molecule has 9 heteroatoms. The Labute approximate surface area is 200 Å². The van der Waals surface area contributed by atoms with Crippen LogP contribution in [0.15, 0.2) is 72.9 Å². The molecule has 0 N–H and O–H groups in total. The zero-order valence-corrected chi connectivity index (χ0v) is 18.9. The molecule has 0 spiro atoms. The lowest BCUT2D eigenvalue weighted by atomic mass is 10.1. The van der Waals surface area contributed by atoms with E-state index in [2.05, 4.69) is 20.1 Å². The van der Waals surface area contributed by atoms with Crippen molar-refractivity contribution in [3.8, 4) is 11.3 Å². The van der Waals surface area contributed by atoms with Crippen LogP contribution in [-0.2, 0) is 6.18 Å². The number of amides is 1. The molecule has 2 aromatic heterocycles. The van der Waals surface area contributed by atoms with Gasteiger partial charge < -0.3 is 9.80 Å². The molecular formula is C26H22F3N5O. The summed E-state index contributed by atoms with van der Waals surface area (Å²) in [5.74, 6) is 0.635. The molecule has 1 unspecified atom stereocenters. The maximum Gasteiger partial charge on any atom is 0.416 e. The summed E-state index contributed by atoms with van der Waals surface area (Å²) in [7, 11) is 0. The number of piperazine rings is 1. The van der Waals surface area contributed by atoms with Gasteiger partial charge in [0.15, 0.2) is 5.82 Å². The van der Waals surface area contributed by atoms with Gasteiger partial charge in [0.05, 0.1) is 5.56 Å². The summed E-state index contributed by atoms with van der Waals surface area (Å²) >= 11 is 0. The van der Waals surface area contributed by atoms with Crippen molar-refractivity contribution in [2.45, 2.75) is 19.1 Å². The third-order valence-corrected chi connectivity index (χ3v) is 6.21. The predicted octanol–water partition coefficient (Wildman–Crippen LogP) is 5.06. The SMILES string of the molecule is CC1CN(C(=O)c2ccccc2)CCN1c1nnc(-c2ccc(C(F)(F)F)cc2)c2ncccc12. The number of aromatic nitrogens is 3. The molecule has 0 saturated carbocycles. The molecule has 1 fully saturated rings. The van der Waals surface area contributed by atoms with Crippen LogP contribution >= 0.6 is 0 Å². The van der Waals surface area contributed by atoms with Crippen LogP contribution in [0.1, 0.15) is 22.8 Å².